The normalized spacial score (nSPS) is 19.6. The van der Waals surface area contributed by atoms with E-state index in [0.717, 1.165) is 0 Å². The quantitative estimate of drug-likeness (QED) is 0.794. The SMILES string of the molecule is NCc1ccc(C(P)[C]2CCCCC2)cc1. The van der Waals surface area contributed by atoms with Crippen LogP contribution in [-0.2, 0) is 6.54 Å². The average Bonchev–Trinajstić information content (AvgIpc) is 2.39. The lowest BCUT2D eigenvalue weighted by atomic mass is 9.84. The van der Waals surface area contributed by atoms with Crippen LogP contribution in [-0.4, -0.2) is 0 Å². The van der Waals surface area contributed by atoms with Gasteiger partial charge in [-0.15, -0.1) is 9.24 Å². The summed E-state index contributed by atoms with van der Waals surface area (Å²) in [5.41, 5.74) is 8.79. The van der Waals surface area contributed by atoms with E-state index in [1.807, 2.05) is 0 Å². The van der Waals surface area contributed by atoms with Gasteiger partial charge in [-0.1, -0.05) is 43.5 Å². The van der Waals surface area contributed by atoms with Gasteiger partial charge in [0, 0.05) is 12.2 Å². The van der Waals surface area contributed by atoms with E-state index >= 15 is 0 Å². The standard InChI is InChI=1S/C14H21NP/c15-10-11-6-8-13(9-7-11)14(16)12-4-2-1-3-5-12/h6-9,14H,1-5,10,15-16H2. The van der Waals surface area contributed by atoms with Crippen molar-refractivity contribution in [1.82, 2.24) is 0 Å². The molecular weight excluding hydrogens is 213 g/mol. The molecule has 2 heteroatoms. The second-order valence-electron chi connectivity index (χ2n) is 4.64. The van der Waals surface area contributed by atoms with Crippen LogP contribution in [0.15, 0.2) is 24.3 Å². The minimum atomic E-state index is 0.548. The number of hydrogen-bond acceptors (Lipinski definition) is 1. The molecule has 1 aromatic carbocycles. The maximum Gasteiger partial charge on any atom is 0.0178 e. The Labute approximate surface area is 101 Å². The van der Waals surface area contributed by atoms with E-state index in [4.69, 9.17) is 5.73 Å². The van der Waals surface area contributed by atoms with Crippen LogP contribution in [0.1, 0.15) is 48.9 Å². The lowest BCUT2D eigenvalue weighted by Gasteiger charge is -2.27. The fourth-order valence-electron chi connectivity index (χ4n) is 2.41. The molecule has 1 aliphatic carbocycles. The molecule has 1 aromatic rings. The van der Waals surface area contributed by atoms with E-state index in [9.17, 15) is 0 Å². The monoisotopic (exact) mass is 234 g/mol. The van der Waals surface area contributed by atoms with Crippen LogP contribution in [0.2, 0.25) is 0 Å². The van der Waals surface area contributed by atoms with Crippen LogP contribution in [0, 0.1) is 5.92 Å². The second-order valence-corrected chi connectivity index (χ2v) is 5.31. The molecule has 2 atom stereocenters. The molecule has 0 amide bonds. The van der Waals surface area contributed by atoms with Gasteiger partial charge in [-0.25, -0.2) is 0 Å². The topological polar surface area (TPSA) is 26.0 Å². The fraction of sp³-hybridized carbons (Fsp3) is 0.500. The molecular formula is C14H21NP. The van der Waals surface area contributed by atoms with Crippen LogP contribution >= 0.6 is 9.24 Å². The summed E-state index contributed by atoms with van der Waals surface area (Å²) in [5, 5.41) is 0. The molecule has 0 saturated heterocycles. The smallest absolute Gasteiger partial charge is 0.0178 e. The van der Waals surface area contributed by atoms with Gasteiger partial charge < -0.3 is 5.73 Å². The number of hydrogen-bond donors (Lipinski definition) is 1. The first-order chi connectivity index (χ1) is 7.81. The van der Waals surface area contributed by atoms with Crippen molar-refractivity contribution in [3.8, 4) is 0 Å². The minimum Gasteiger partial charge on any atom is -0.326 e. The zero-order chi connectivity index (χ0) is 11.4. The van der Waals surface area contributed by atoms with Gasteiger partial charge in [-0.3, -0.25) is 0 Å². The summed E-state index contributed by atoms with van der Waals surface area (Å²) in [6.45, 7) is 0.637. The van der Waals surface area contributed by atoms with Crippen LogP contribution in [0.5, 0.6) is 0 Å². The van der Waals surface area contributed by atoms with Crippen molar-refractivity contribution >= 4 is 9.24 Å². The van der Waals surface area contributed by atoms with Gasteiger partial charge in [0.25, 0.3) is 0 Å². The Kier molecular flexibility index (Phi) is 4.37. The summed E-state index contributed by atoms with van der Waals surface area (Å²) in [5.74, 6) is 1.71. The Bertz CT molecular complexity index is 314. The van der Waals surface area contributed by atoms with E-state index in [0.29, 0.717) is 12.2 Å². The highest BCUT2D eigenvalue weighted by molar-refractivity contribution is 7.17. The molecule has 1 nitrogen and oxygen atoms in total. The Balaban J connectivity index is 2.04. The summed E-state index contributed by atoms with van der Waals surface area (Å²) < 4.78 is 0. The third-order valence-electron chi connectivity index (χ3n) is 3.51. The Hall–Kier alpha value is -0.390. The first-order valence-corrected chi connectivity index (χ1v) is 6.87. The molecule has 16 heavy (non-hydrogen) atoms. The van der Waals surface area contributed by atoms with Gasteiger partial charge in [-0.2, -0.15) is 0 Å². The third-order valence-corrected chi connectivity index (χ3v) is 4.37. The van der Waals surface area contributed by atoms with Crippen molar-refractivity contribution < 1.29 is 0 Å². The molecule has 2 rings (SSSR count). The largest absolute Gasteiger partial charge is 0.326 e. The molecule has 0 spiro atoms. The van der Waals surface area contributed by atoms with Crippen LogP contribution in [0.3, 0.4) is 0 Å². The lowest BCUT2D eigenvalue weighted by molar-refractivity contribution is 0.516. The summed E-state index contributed by atoms with van der Waals surface area (Å²) >= 11 is 0. The molecule has 0 heterocycles. The highest BCUT2D eigenvalue weighted by Gasteiger charge is 2.21. The zero-order valence-corrected chi connectivity index (χ0v) is 10.9. The van der Waals surface area contributed by atoms with Crippen LogP contribution < -0.4 is 5.73 Å². The number of nitrogens with two attached hydrogens (primary N) is 1. The van der Waals surface area contributed by atoms with E-state index in [2.05, 4.69) is 33.5 Å². The fourth-order valence-corrected chi connectivity index (χ4v) is 2.97. The summed E-state index contributed by atoms with van der Waals surface area (Å²) in [6.07, 6.45) is 6.79. The maximum atomic E-state index is 5.61. The van der Waals surface area contributed by atoms with Crippen molar-refractivity contribution in [2.24, 2.45) is 5.73 Å². The first-order valence-electron chi connectivity index (χ1n) is 6.20. The molecule has 1 aliphatic rings. The third kappa shape index (κ3) is 2.84. The van der Waals surface area contributed by atoms with Gasteiger partial charge in [0.15, 0.2) is 0 Å². The molecule has 2 unspecified atom stereocenters. The summed E-state index contributed by atoms with van der Waals surface area (Å²) in [6, 6.07) is 8.74. The average molecular weight is 234 g/mol. The van der Waals surface area contributed by atoms with Gasteiger partial charge in [-0.05, 0) is 29.9 Å². The minimum absolute atomic E-state index is 0.548. The Morgan fingerprint density at radius 3 is 2.25 bits per heavy atom. The van der Waals surface area contributed by atoms with E-state index in [-0.39, 0.29) is 0 Å². The molecule has 0 aromatic heterocycles. The molecule has 1 saturated carbocycles. The van der Waals surface area contributed by atoms with E-state index in [1.54, 1.807) is 5.92 Å². The molecule has 0 aliphatic heterocycles. The van der Waals surface area contributed by atoms with Gasteiger partial charge in [0.2, 0.25) is 0 Å². The zero-order valence-electron chi connectivity index (χ0n) is 9.78. The summed E-state index contributed by atoms with van der Waals surface area (Å²) in [4.78, 5) is 0. The van der Waals surface area contributed by atoms with Gasteiger partial charge >= 0.3 is 0 Å². The van der Waals surface area contributed by atoms with Crippen molar-refractivity contribution in [2.75, 3.05) is 0 Å². The second kappa shape index (κ2) is 5.80. The molecule has 2 N–H and O–H groups in total. The molecule has 87 valence electrons. The molecule has 1 radical (unpaired) electrons. The van der Waals surface area contributed by atoms with Crippen LogP contribution in [0.4, 0.5) is 0 Å². The Morgan fingerprint density at radius 1 is 1.06 bits per heavy atom. The maximum absolute atomic E-state index is 5.61. The number of benzene rings is 1. The predicted octanol–water partition coefficient (Wildman–Crippen LogP) is 3.60. The van der Waals surface area contributed by atoms with Crippen molar-refractivity contribution in [2.45, 2.75) is 44.3 Å². The van der Waals surface area contributed by atoms with Gasteiger partial charge in [0.1, 0.15) is 0 Å². The highest BCUT2D eigenvalue weighted by Crippen LogP contribution is 2.41. The Morgan fingerprint density at radius 2 is 1.69 bits per heavy atom. The first kappa shape index (κ1) is 12.1. The molecule has 1 fully saturated rings. The van der Waals surface area contributed by atoms with E-state index < -0.39 is 0 Å². The number of rotatable bonds is 3. The molecule has 0 bridgehead atoms. The predicted molar refractivity (Wildman–Crippen MR) is 73.1 cm³/mol. The lowest BCUT2D eigenvalue weighted by Crippen LogP contribution is -2.09. The van der Waals surface area contributed by atoms with Crippen molar-refractivity contribution in [1.29, 1.82) is 0 Å². The van der Waals surface area contributed by atoms with Crippen molar-refractivity contribution in [3.05, 3.63) is 41.3 Å². The van der Waals surface area contributed by atoms with E-state index in [1.165, 1.54) is 43.2 Å². The van der Waals surface area contributed by atoms with Crippen LogP contribution in [0.25, 0.3) is 0 Å². The highest BCUT2D eigenvalue weighted by atomic mass is 31.0. The van der Waals surface area contributed by atoms with Gasteiger partial charge in [0.05, 0.1) is 0 Å². The van der Waals surface area contributed by atoms with Crippen molar-refractivity contribution in [3.63, 3.8) is 0 Å². The summed E-state index contributed by atoms with van der Waals surface area (Å²) in [7, 11) is 3.00.